The van der Waals surface area contributed by atoms with E-state index >= 15 is 0 Å². The van der Waals surface area contributed by atoms with Gasteiger partial charge in [0, 0.05) is 22.7 Å². The third kappa shape index (κ3) is 4.40. The molecule has 0 aliphatic rings. The molecule has 1 N–H and O–H groups in total. The Morgan fingerprint density at radius 3 is 2.46 bits per heavy atom. The summed E-state index contributed by atoms with van der Waals surface area (Å²) in [6.07, 6.45) is 0. The summed E-state index contributed by atoms with van der Waals surface area (Å²) < 4.78 is 0. The number of hydrogen-bond donors (Lipinski definition) is 1. The van der Waals surface area contributed by atoms with Crippen molar-refractivity contribution in [3.8, 4) is 11.1 Å². The van der Waals surface area contributed by atoms with Crippen LogP contribution in [0.15, 0.2) is 72.1 Å². The molecule has 2 aromatic carbocycles. The van der Waals surface area contributed by atoms with Crippen molar-refractivity contribution in [1.29, 1.82) is 0 Å². The van der Waals surface area contributed by atoms with Gasteiger partial charge in [0.1, 0.15) is 0 Å². The SMILES string of the molecule is CCN(Cc1cccs1)[C@@H](C)C(=O)Nc1ccccc1-c1ccccc1. The predicted octanol–water partition coefficient (Wildman–Crippen LogP) is 5.26. The molecular weight excluding hydrogens is 340 g/mol. The van der Waals surface area contributed by atoms with E-state index in [2.05, 4.69) is 46.8 Å². The maximum Gasteiger partial charge on any atom is 0.241 e. The zero-order valence-corrected chi connectivity index (χ0v) is 16.0. The highest BCUT2D eigenvalue weighted by Gasteiger charge is 2.21. The van der Waals surface area contributed by atoms with Gasteiger partial charge in [0.2, 0.25) is 5.91 Å². The van der Waals surface area contributed by atoms with Crippen LogP contribution >= 0.6 is 11.3 Å². The van der Waals surface area contributed by atoms with Crippen molar-refractivity contribution in [2.75, 3.05) is 11.9 Å². The highest BCUT2D eigenvalue weighted by molar-refractivity contribution is 7.09. The lowest BCUT2D eigenvalue weighted by atomic mass is 10.0. The maximum absolute atomic E-state index is 12.9. The third-order valence-electron chi connectivity index (χ3n) is 4.54. The van der Waals surface area contributed by atoms with Crippen molar-refractivity contribution in [3.05, 3.63) is 77.0 Å². The summed E-state index contributed by atoms with van der Waals surface area (Å²) in [6.45, 7) is 5.68. The van der Waals surface area contributed by atoms with E-state index in [1.807, 2.05) is 49.4 Å². The van der Waals surface area contributed by atoms with Gasteiger partial charge in [-0.15, -0.1) is 11.3 Å². The Morgan fingerprint density at radius 2 is 1.77 bits per heavy atom. The molecule has 3 rings (SSSR count). The minimum Gasteiger partial charge on any atom is -0.324 e. The third-order valence-corrected chi connectivity index (χ3v) is 5.40. The van der Waals surface area contributed by atoms with Gasteiger partial charge in [0.05, 0.1) is 6.04 Å². The van der Waals surface area contributed by atoms with Crippen LogP contribution in [0, 0.1) is 0 Å². The summed E-state index contributed by atoms with van der Waals surface area (Å²) in [5.41, 5.74) is 2.99. The molecule has 0 unspecified atom stereocenters. The zero-order valence-electron chi connectivity index (χ0n) is 15.2. The molecular formula is C22H24N2OS. The van der Waals surface area contributed by atoms with Crippen LogP contribution in [0.5, 0.6) is 0 Å². The highest BCUT2D eigenvalue weighted by atomic mass is 32.1. The summed E-state index contributed by atoms with van der Waals surface area (Å²) >= 11 is 1.73. The summed E-state index contributed by atoms with van der Waals surface area (Å²) in [6, 6.07) is 22.0. The summed E-state index contributed by atoms with van der Waals surface area (Å²) in [4.78, 5) is 16.3. The molecule has 0 aliphatic carbocycles. The molecule has 0 spiro atoms. The van der Waals surface area contributed by atoms with Gasteiger partial charge in [-0.3, -0.25) is 9.69 Å². The van der Waals surface area contributed by atoms with Gasteiger partial charge >= 0.3 is 0 Å². The topological polar surface area (TPSA) is 32.3 Å². The second-order valence-corrected chi connectivity index (χ2v) is 7.25. The molecule has 0 aliphatic heterocycles. The molecule has 0 bridgehead atoms. The standard InChI is InChI=1S/C22H24N2OS/c1-3-24(16-19-12-9-15-26-19)17(2)22(25)23-21-14-8-7-13-20(21)18-10-5-4-6-11-18/h4-15,17H,3,16H2,1-2H3,(H,23,25)/t17-/m0/s1. The number of nitrogens with one attached hydrogen (secondary N) is 1. The maximum atomic E-state index is 12.9. The van der Waals surface area contributed by atoms with E-state index in [0.717, 1.165) is 29.9 Å². The molecule has 3 nitrogen and oxygen atoms in total. The fraction of sp³-hybridized carbons (Fsp3) is 0.227. The first-order valence-corrected chi connectivity index (χ1v) is 9.78. The van der Waals surface area contributed by atoms with Crippen LogP contribution in [-0.4, -0.2) is 23.4 Å². The smallest absolute Gasteiger partial charge is 0.241 e. The lowest BCUT2D eigenvalue weighted by Crippen LogP contribution is -2.41. The largest absolute Gasteiger partial charge is 0.324 e. The molecule has 0 radical (unpaired) electrons. The van der Waals surface area contributed by atoms with Gasteiger partial charge in [-0.2, -0.15) is 0 Å². The first-order valence-electron chi connectivity index (χ1n) is 8.90. The minimum atomic E-state index is -0.203. The molecule has 1 heterocycles. The molecule has 1 amide bonds. The van der Waals surface area contributed by atoms with E-state index in [0.29, 0.717) is 0 Å². The lowest BCUT2D eigenvalue weighted by Gasteiger charge is -2.26. The number of nitrogens with zero attached hydrogens (tertiary/aromatic N) is 1. The van der Waals surface area contributed by atoms with Crippen LogP contribution in [0.3, 0.4) is 0 Å². The molecule has 0 saturated carbocycles. The Morgan fingerprint density at radius 1 is 1.04 bits per heavy atom. The van der Waals surface area contributed by atoms with Gasteiger partial charge < -0.3 is 5.32 Å². The van der Waals surface area contributed by atoms with Crippen LogP contribution < -0.4 is 5.32 Å². The Bertz CT molecular complexity index is 830. The summed E-state index contributed by atoms with van der Waals surface area (Å²) in [5.74, 6) is 0.0202. The number of hydrogen-bond acceptors (Lipinski definition) is 3. The number of benzene rings is 2. The van der Waals surface area contributed by atoms with Crippen molar-refractivity contribution in [2.45, 2.75) is 26.4 Å². The highest BCUT2D eigenvalue weighted by Crippen LogP contribution is 2.28. The fourth-order valence-electron chi connectivity index (χ4n) is 2.99. The molecule has 0 saturated heterocycles. The second-order valence-electron chi connectivity index (χ2n) is 6.22. The van der Waals surface area contributed by atoms with E-state index in [1.165, 1.54) is 4.88 Å². The Labute approximate surface area is 159 Å². The van der Waals surface area contributed by atoms with Gasteiger partial charge in [-0.25, -0.2) is 0 Å². The van der Waals surface area contributed by atoms with E-state index < -0.39 is 0 Å². The average Bonchev–Trinajstić information content (AvgIpc) is 3.20. The molecule has 3 aromatic rings. The first-order chi connectivity index (χ1) is 12.7. The number of amides is 1. The minimum absolute atomic E-state index is 0.0202. The average molecular weight is 365 g/mol. The van der Waals surface area contributed by atoms with E-state index in [1.54, 1.807) is 11.3 Å². The molecule has 134 valence electrons. The van der Waals surface area contributed by atoms with Crippen molar-refractivity contribution >= 4 is 22.9 Å². The first kappa shape index (κ1) is 18.4. The number of likely N-dealkylation sites (N-methyl/N-ethyl adjacent to an activating group) is 1. The van der Waals surface area contributed by atoms with Crippen LogP contribution in [0.25, 0.3) is 11.1 Å². The summed E-state index contributed by atoms with van der Waals surface area (Å²) in [5, 5.41) is 5.20. The lowest BCUT2D eigenvalue weighted by molar-refractivity contribution is -0.120. The van der Waals surface area contributed by atoms with Crippen LogP contribution in [0.1, 0.15) is 18.7 Å². The zero-order chi connectivity index (χ0) is 18.4. The van der Waals surface area contributed by atoms with Gasteiger partial charge in [0.25, 0.3) is 0 Å². The number of anilines is 1. The number of rotatable bonds is 7. The number of carbonyl (C=O) groups excluding carboxylic acids is 1. The monoisotopic (exact) mass is 364 g/mol. The van der Waals surface area contributed by atoms with Crippen LogP contribution in [0.4, 0.5) is 5.69 Å². The summed E-state index contributed by atoms with van der Waals surface area (Å²) in [7, 11) is 0. The predicted molar refractivity (Wildman–Crippen MR) is 110 cm³/mol. The number of para-hydroxylation sites is 1. The number of thiophene rings is 1. The Kier molecular flexibility index (Phi) is 6.21. The van der Waals surface area contributed by atoms with E-state index in [4.69, 9.17) is 0 Å². The molecule has 26 heavy (non-hydrogen) atoms. The fourth-order valence-corrected chi connectivity index (χ4v) is 3.72. The Balaban J connectivity index is 1.75. The van der Waals surface area contributed by atoms with Gasteiger partial charge in [-0.1, -0.05) is 61.5 Å². The van der Waals surface area contributed by atoms with Crippen molar-refractivity contribution in [3.63, 3.8) is 0 Å². The molecule has 0 fully saturated rings. The van der Waals surface area contributed by atoms with Gasteiger partial charge in [0.15, 0.2) is 0 Å². The van der Waals surface area contributed by atoms with Crippen molar-refractivity contribution in [1.82, 2.24) is 4.90 Å². The molecule has 1 aromatic heterocycles. The normalized spacial score (nSPS) is 12.1. The van der Waals surface area contributed by atoms with Crippen LogP contribution in [0.2, 0.25) is 0 Å². The quantitative estimate of drug-likeness (QED) is 0.620. The van der Waals surface area contributed by atoms with E-state index in [-0.39, 0.29) is 11.9 Å². The van der Waals surface area contributed by atoms with Gasteiger partial charge in [-0.05, 0) is 36.5 Å². The molecule has 1 atom stereocenters. The molecule has 4 heteroatoms. The van der Waals surface area contributed by atoms with E-state index in [9.17, 15) is 4.79 Å². The number of carbonyl (C=O) groups is 1. The van der Waals surface area contributed by atoms with Crippen LogP contribution in [-0.2, 0) is 11.3 Å². The van der Waals surface area contributed by atoms with Crippen molar-refractivity contribution in [2.24, 2.45) is 0 Å². The van der Waals surface area contributed by atoms with Crippen molar-refractivity contribution < 1.29 is 4.79 Å². The Hall–Kier alpha value is -2.43. The second kappa shape index (κ2) is 8.79.